The molecule has 0 radical (unpaired) electrons. The Balaban J connectivity index is 0.000000127. The lowest BCUT2D eigenvalue weighted by Gasteiger charge is -2.45. The van der Waals surface area contributed by atoms with Gasteiger partial charge in [-0.1, -0.05) is 82.6 Å². The molecule has 4 aliphatic rings. The maximum Gasteiger partial charge on any atom is 0.123 e. The molecule has 4 heterocycles. The SMILES string of the molecule is Fc1ccc(N2CN(c3ccc(Br)cc3)CN(c3ccc(Br)cc3)C2)cc1.Fc1ccc(N2CN(c3ccc(Cl)cc3)CN(c3ccc(Cl)cc3)C2)cc1.Fc1ccc(N2CN(c3ccc(F)cc3)CN(c3ccc(Br)cc3)C2)cc1.Fc1ccc(N2CN(c3ccc(F)cc3)CN(c3ccc(Cl)cc3)C2)cc1. The summed E-state index contributed by atoms with van der Waals surface area (Å²) in [5.41, 5.74) is 12.2. The number of anilines is 12. The highest BCUT2D eigenvalue weighted by molar-refractivity contribution is 9.11. The van der Waals surface area contributed by atoms with Gasteiger partial charge in [0.05, 0.1) is 80.0 Å². The largest absolute Gasteiger partial charge is 0.336 e. The Morgan fingerprint density at radius 2 is 0.250 bits per heavy atom. The Morgan fingerprint density at radius 3 is 0.361 bits per heavy atom. The minimum atomic E-state index is -0.263. The third-order valence-electron chi connectivity index (χ3n) is 18.4. The van der Waals surface area contributed by atoms with Gasteiger partial charge in [-0.05, 0) is 291 Å². The summed E-state index contributed by atoms with van der Waals surface area (Å²) < 4.78 is 83.2. The molecule has 0 atom stereocenters. The van der Waals surface area contributed by atoms with Crippen LogP contribution in [0.4, 0.5) is 94.6 Å². The van der Waals surface area contributed by atoms with Gasteiger partial charge in [0, 0.05) is 96.7 Å². The summed E-state index contributed by atoms with van der Waals surface area (Å²) in [7, 11) is 0. The van der Waals surface area contributed by atoms with Crippen LogP contribution in [0.1, 0.15) is 0 Å². The molecule has 0 N–H and O–H groups in total. The average Bonchev–Trinajstić information content (AvgIpc) is 0.817. The van der Waals surface area contributed by atoms with Crippen molar-refractivity contribution in [3.8, 4) is 0 Å². The molecule has 0 amide bonds. The van der Waals surface area contributed by atoms with Crippen molar-refractivity contribution < 1.29 is 26.3 Å². The summed E-state index contributed by atoms with van der Waals surface area (Å²) in [6.07, 6.45) is 0. The van der Waals surface area contributed by atoms with Crippen molar-refractivity contribution in [2.75, 3.05) is 139 Å². The maximum absolute atomic E-state index is 13.4. The van der Waals surface area contributed by atoms with E-state index in [0.717, 1.165) is 108 Å². The van der Waals surface area contributed by atoms with Gasteiger partial charge in [-0.3, -0.25) is 0 Å². The van der Waals surface area contributed by atoms with E-state index in [1.54, 1.807) is 60.7 Å². The summed E-state index contributed by atoms with van der Waals surface area (Å²) in [6.45, 7) is 8.23. The summed E-state index contributed by atoms with van der Waals surface area (Å²) in [5.74, 6) is -1.49. The molecule has 0 unspecified atom stereocenters. The number of halogens is 12. The molecule has 4 saturated heterocycles. The van der Waals surface area contributed by atoms with Crippen molar-refractivity contribution in [3.05, 3.63) is 355 Å². The third kappa shape index (κ3) is 20.5. The van der Waals surface area contributed by atoms with Gasteiger partial charge in [0.15, 0.2) is 0 Å². The fourth-order valence-electron chi connectivity index (χ4n) is 12.8. The minimum absolute atomic E-state index is 0.217. The van der Waals surface area contributed by atoms with E-state index in [1.165, 1.54) is 72.8 Å². The predicted octanol–water partition coefficient (Wildman–Crippen LogP) is 22.7. The fourth-order valence-corrected chi connectivity index (χ4v) is 14.0. The molecule has 0 spiro atoms. The molecular formula is C84H72Br3Cl3F6N12. The topological polar surface area (TPSA) is 38.9 Å². The Bertz CT molecular complexity index is 3700. The molecule has 4 aliphatic heterocycles. The molecule has 12 nitrogen and oxygen atoms in total. The first kappa shape index (κ1) is 76.3. The zero-order chi connectivity index (χ0) is 75.2. The van der Waals surface area contributed by atoms with Crippen LogP contribution in [-0.2, 0) is 0 Å². The van der Waals surface area contributed by atoms with Gasteiger partial charge in [0.25, 0.3) is 0 Å². The number of hydrogen-bond acceptors (Lipinski definition) is 12. The molecule has 12 aromatic carbocycles. The molecule has 4 fully saturated rings. The normalized spacial score (nSPS) is 14.6. The standard InChI is InChI=1S/C21H18Br2FN3.C21H18BrF2N3.C21H18Cl2FN3.C21H18ClF2N3/c4*22-16-1-7-19(8-2-16)25-13-26(20-9-3-17(23)4-10-20)15-27(14-25)21-11-5-18(24)6-12-21/h4*1-12H,13-15H2. The minimum Gasteiger partial charge on any atom is -0.336 e. The smallest absolute Gasteiger partial charge is 0.123 e. The van der Waals surface area contributed by atoms with Crippen LogP contribution in [0.2, 0.25) is 15.1 Å². The van der Waals surface area contributed by atoms with E-state index in [0.29, 0.717) is 68.4 Å². The van der Waals surface area contributed by atoms with Gasteiger partial charge in [0.2, 0.25) is 0 Å². The average molecular weight is 1710 g/mol. The third-order valence-corrected chi connectivity index (χ3v) is 20.7. The van der Waals surface area contributed by atoms with Crippen molar-refractivity contribution in [3.63, 3.8) is 0 Å². The highest BCUT2D eigenvalue weighted by Crippen LogP contribution is 2.34. The highest BCUT2D eigenvalue weighted by atomic mass is 79.9. The van der Waals surface area contributed by atoms with Crippen LogP contribution in [0.3, 0.4) is 0 Å². The van der Waals surface area contributed by atoms with E-state index in [4.69, 9.17) is 34.8 Å². The molecule has 108 heavy (non-hydrogen) atoms. The second kappa shape index (κ2) is 35.9. The van der Waals surface area contributed by atoms with Crippen LogP contribution < -0.4 is 58.8 Å². The highest BCUT2D eigenvalue weighted by Gasteiger charge is 2.29. The van der Waals surface area contributed by atoms with E-state index >= 15 is 0 Å². The fraction of sp³-hybridized carbons (Fsp3) is 0.143. The van der Waals surface area contributed by atoms with Crippen LogP contribution in [0, 0.1) is 34.9 Å². The molecule has 0 bridgehead atoms. The quantitative estimate of drug-likeness (QED) is 0.109. The van der Waals surface area contributed by atoms with Gasteiger partial charge in [-0.15, -0.1) is 0 Å². The van der Waals surface area contributed by atoms with Gasteiger partial charge in [0.1, 0.15) is 34.9 Å². The van der Waals surface area contributed by atoms with Gasteiger partial charge >= 0.3 is 0 Å². The maximum atomic E-state index is 13.4. The van der Waals surface area contributed by atoms with Crippen LogP contribution in [0.5, 0.6) is 0 Å². The number of hydrogen-bond donors (Lipinski definition) is 0. The first-order chi connectivity index (χ1) is 52.3. The summed E-state index contributed by atoms with van der Waals surface area (Å²) >= 11 is 28.6. The monoisotopic (exact) mass is 1700 g/mol. The van der Waals surface area contributed by atoms with E-state index in [1.807, 2.05) is 97.1 Å². The van der Waals surface area contributed by atoms with Crippen LogP contribution in [0.25, 0.3) is 0 Å². The van der Waals surface area contributed by atoms with Crippen LogP contribution in [-0.4, -0.2) is 80.0 Å². The molecule has 0 aliphatic carbocycles. The zero-order valence-electron chi connectivity index (χ0n) is 58.1. The van der Waals surface area contributed by atoms with Crippen molar-refractivity contribution in [2.24, 2.45) is 0 Å². The first-order valence-corrected chi connectivity index (χ1v) is 37.9. The lowest BCUT2D eigenvalue weighted by molar-refractivity contribution is 0.604. The lowest BCUT2D eigenvalue weighted by atomic mass is 10.2. The first-order valence-electron chi connectivity index (χ1n) is 34.4. The Hall–Kier alpha value is -9.87. The van der Waals surface area contributed by atoms with E-state index < -0.39 is 0 Å². The molecule has 0 saturated carbocycles. The molecule has 16 rings (SSSR count). The second-order valence-corrected chi connectivity index (χ2v) is 29.9. The van der Waals surface area contributed by atoms with E-state index in [-0.39, 0.29) is 34.9 Å². The predicted molar refractivity (Wildman–Crippen MR) is 443 cm³/mol. The Morgan fingerprint density at radius 1 is 0.157 bits per heavy atom. The number of nitrogens with zero attached hydrogens (tertiary/aromatic N) is 12. The van der Waals surface area contributed by atoms with Crippen LogP contribution >= 0.6 is 82.6 Å². The molecule has 24 heteroatoms. The Labute approximate surface area is 665 Å². The van der Waals surface area contributed by atoms with Crippen molar-refractivity contribution in [1.82, 2.24) is 0 Å². The van der Waals surface area contributed by atoms with Gasteiger partial charge in [-0.2, -0.15) is 0 Å². The van der Waals surface area contributed by atoms with Gasteiger partial charge in [-0.25, -0.2) is 26.3 Å². The van der Waals surface area contributed by atoms with Crippen molar-refractivity contribution in [2.45, 2.75) is 0 Å². The van der Waals surface area contributed by atoms with E-state index in [9.17, 15) is 26.3 Å². The molecule has 12 aromatic rings. The lowest BCUT2D eigenvalue weighted by Crippen LogP contribution is -2.55. The molecular weight excluding hydrogens is 1640 g/mol. The number of benzene rings is 12. The molecule has 552 valence electrons. The van der Waals surface area contributed by atoms with Crippen LogP contribution in [0.15, 0.2) is 305 Å². The summed E-state index contributed by atoms with van der Waals surface area (Å²) in [5, 5.41) is 2.10. The van der Waals surface area contributed by atoms with Crippen molar-refractivity contribution in [1.29, 1.82) is 0 Å². The zero-order valence-corrected chi connectivity index (χ0v) is 65.1. The van der Waals surface area contributed by atoms with Gasteiger partial charge < -0.3 is 58.8 Å². The Kier molecular flexibility index (Phi) is 25.4. The van der Waals surface area contributed by atoms with Crippen molar-refractivity contribution >= 4 is 151 Å². The number of rotatable bonds is 12. The summed E-state index contributed by atoms with van der Waals surface area (Å²) in [4.78, 5) is 26.6. The second-order valence-electron chi connectivity index (χ2n) is 25.9. The molecule has 0 aromatic heterocycles. The van der Waals surface area contributed by atoms with E-state index in [2.05, 4.69) is 167 Å². The summed E-state index contributed by atoms with van der Waals surface area (Å²) in [6, 6.07) is 87.2.